The Balaban J connectivity index is 2.14. The van der Waals surface area contributed by atoms with E-state index in [2.05, 4.69) is 10.3 Å². The van der Waals surface area contributed by atoms with Gasteiger partial charge in [0.05, 0.1) is 4.90 Å². The van der Waals surface area contributed by atoms with Gasteiger partial charge in [-0.25, -0.2) is 13.4 Å². The molecule has 2 aromatic rings. The number of nitrogens with one attached hydrogen (secondary N) is 1. The summed E-state index contributed by atoms with van der Waals surface area (Å²) < 4.78 is 32.2. The van der Waals surface area contributed by atoms with Crippen LogP contribution in [0, 0.1) is 6.92 Å². The summed E-state index contributed by atoms with van der Waals surface area (Å²) in [4.78, 5) is 29.4. The van der Waals surface area contributed by atoms with Gasteiger partial charge in [-0.3, -0.25) is 13.9 Å². The number of likely N-dealkylation sites (N-methyl/N-ethyl adjacent to an activating group) is 1. The van der Waals surface area contributed by atoms with Crippen molar-refractivity contribution >= 4 is 33.5 Å². The average molecular weight is 415 g/mol. The number of aryl methyl sites for hydroxylation is 1. The number of hydrogen-bond acceptors (Lipinski definition) is 6. The predicted molar refractivity (Wildman–Crippen MR) is 107 cm³/mol. The highest BCUT2D eigenvalue weighted by Crippen LogP contribution is 2.37. The Morgan fingerprint density at radius 2 is 1.86 bits per heavy atom. The number of amides is 1. The van der Waals surface area contributed by atoms with Crippen LogP contribution in [0.1, 0.15) is 31.0 Å². The van der Waals surface area contributed by atoms with Crippen molar-refractivity contribution in [2.24, 2.45) is 0 Å². The third-order valence-electron chi connectivity index (χ3n) is 4.32. The summed E-state index contributed by atoms with van der Waals surface area (Å²) in [5, 5.41) is 2.58. The first-order valence-corrected chi connectivity index (χ1v) is 10.5. The van der Waals surface area contributed by atoms with E-state index < -0.39 is 21.9 Å². The van der Waals surface area contributed by atoms with Crippen molar-refractivity contribution in [2.45, 2.75) is 31.6 Å². The first-order valence-electron chi connectivity index (χ1n) is 9.04. The smallest absolute Gasteiger partial charge is 0.311 e. The van der Waals surface area contributed by atoms with E-state index in [1.807, 2.05) is 6.92 Å². The Morgan fingerprint density at radius 1 is 1.14 bits per heavy atom. The lowest BCUT2D eigenvalue weighted by Crippen LogP contribution is -2.38. The number of anilines is 1. The molecule has 152 valence electrons. The summed E-state index contributed by atoms with van der Waals surface area (Å²) in [5.74, 6) is -1.14. The molecule has 8 nitrogen and oxygen atoms in total. The van der Waals surface area contributed by atoms with Crippen LogP contribution in [0.25, 0.3) is 5.76 Å². The molecule has 0 spiro atoms. The van der Waals surface area contributed by atoms with Crippen molar-refractivity contribution in [2.75, 3.05) is 12.4 Å². The van der Waals surface area contributed by atoms with Gasteiger partial charge in [0.25, 0.3) is 15.9 Å². The van der Waals surface area contributed by atoms with E-state index >= 15 is 0 Å². The summed E-state index contributed by atoms with van der Waals surface area (Å²) in [5.41, 5.74) is 0.565. The number of rotatable bonds is 5. The standard InChI is InChI=1S/C20H21N3O5S/c1-4-8-17(24)28-19-14-10-5-6-11-15(14)29(26,27)23(3)18(19)20(25)22-16-12-7-9-13(2)21-16/h5-7,9-12H,4,8H2,1-3H3,(H,21,22,25). The van der Waals surface area contributed by atoms with E-state index in [-0.39, 0.29) is 34.2 Å². The molecule has 1 aliphatic heterocycles. The summed E-state index contributed by atoms with van der Waals surface area (Å²) in [6.45, 7) is 3.58. The zero-order valence-electron chi connectivity index (χ0n) is 16.3. The minimum absolute atomic E-state index is 0.0352. The van der Waals surface area contributed by atoms with Crippen LogP contribution in [-0.4, -0.2) is 36.6 Å². The van der Waals surface area contributed by atoms with Gasteiger partial charge >= 0.3 is 5.97 Å². The quantitative estimate of drug-likeness (QED) is 0.753. The topological polar surface area (TPSA) is 106 Å². The maximum Gasteiger partial charge on any atom is 0.311 e. The molecule has 1 aliphatic rings. The van der Waals surface area contributed by atoms with E-state index in [0.29, 0.717) is 12.1 Å². The van der Waals surface area contributed by atoms with Crippen molar-refractivity contribution in [3.05, 3.63) is 59.4 Å². The monoisotopic (exact) mass is 415 g/mol. The second kappa shape index (κ2) is 8.04. The fourth-order valence-electron chi connectivity index (χ4n) is 2.92. The van der Waals surface area contributed by atoms with E-state index in [9.17, 15) is 18.0 Å². The highest BCUT2D eigenvalue weighted by Gasteiger charge is 2.39. The molecule has 1 aromatic heterocycles. The van der Waals surface area contributed by atoms with E-state index in [4.69, 9.17) is 4.74 Å². The van der Waals surface area contributed by atoms with Gasteiger partial charge < -0.3 is 10.1 Å². The Kier molecular flexibility index (Phi) is 5.69. The van der Waals surface area contributed by atoms with Crippen LogP contribution in [0.4, 0.5) is 5.82 Å². The molecule has 2 heterocycles. The number of ether oxygens (including phenoxy) is 1. The van der Waals surface area contributed by atoms with Gasteiger partial charge in [0.2, 0.25) is 0 Å². The maximum atomic E-state index is 13.0. The molecule has 0 bridgehead atoms. The van der Waals surface area contributed by atoms with Gasteiger partial charge in [-0.15, -0.1) is 0 Å². The second-order valence-corrected chi connectivity index (χ2v) is 8.43. The molecule has 0 radical (unpaired) electrons. The zero-order valence-corrected chi connectivity index (χ0v) is 17.1. The fraction of sp³-hybridized carbons (Fsp3) is 0.250. The highest BCUT2D eigenvalue weighted by atomic mass is 32.2. The van der Waals surface area contributed by atoms with Gasteiger partial charge in [0, 0.05) is 24.7 Å². The molecule has 9 heteroatoms. The minimum Gasteiger partial charge on any atom is -0.423 e. The lowest BCUT2D eigenvalue weighted by Gasteiger charge is -2.30. The van der Waals surface area contributed by atoms with Crippen LogP contribution in [0.2, 0.25) is 0 Å². The first kappa shape index (κ1) is 20.5. The molecule has 1 amide bonds. The lowest BCUT2D eigenvalue weighted by atomic mass is 10.1. The largest absolute Gasteiger partial charge is 0.423 e. The van der Waals surface area contributed by atoms with Crippen molar-refractivity contribution < 1.29 is 22.7 Å². The van der Waals surface area contributed by atoms with Gasteiger partial charge in [-0.2, -0.15) is 0 Å². The summed E-state index contributed by atoms with van der Waals surface area (Å²) >= 11 is 0. The maximum absolute atomic E-state index is 13.0. The van der Waals surface area contributed by atoms with Crippen LogP contribution in [0.15, 0.2) is 53.1 Å². The van der Waals surface area contributed by atoms with Crippen molar-refractivity contribution in [1.82, 2.24) is 9.29 Å². The average Bonchev–Trinajstić information content (AvgIpc) is 2.66. The molecule has 0 unspecified atom stereocenters. The number of pyridine rings is 1. The Labute approximate surface area is 169 Å². The van der Waals surface area contributed by atoms with Gasteiger partial charge in [0.1, 0.15) is 5.82 Å². The van der Waals surface area contributed by atoms with E-state index in [0.717, 1.165) is 4.31 Å². The molecule has 29 heavy (non-hydrogen) atoms. The van der Waals surface area contributed by atoms with Crippen LogP contribution in [0.5, 0.6) is 0 Å². The molecule has 3 rings (SSSR count). The number of esters is 1. The molecule has 0 saturated carbocycles. The third kappa shape index (κ3) is 4.00. The Bertz CT molecular complexity index is 1110. The molecule has 1 N–H and O–H groups in total. The van der Waals surface area contributed by atoms with Crippen LogP contribution < -0.4 is 5.32 Å². The number of benzene rings is 1. The molecule has 0 atom stereocenters. The highest BCUT2D eigenvalue weighted by molar-refractivity contribution is 7.89. The Morgan fingerprint density at radius 3 is 2.55 bits per heavy atom. The molecular formula is C20H21N3O5S. The molecule has 0 saturated heterocycles. The molecule has 1 aromatic carbocycles. The fourth-order valence-corrected chi connectivity index (χ4v) is 4.31. The summed E-state index contributed by atoms with van der Waals surface area (Å²) in [7, 11) is -2.75. The predicted octanol–water partition coefficient (Wildman–Crippen LogP) is 2.67. The normalized spacial score (nSPS) is 14.9. The number of sulfonamides is 1. The number of aromatic nitrogens is 1. The number of fused-ring (bicyclic) bond motifs is 1. The van der Waals surface area contributed by atoms with Crippen LogP contribution in [0.3, 0.4) is 0 Å². The lowest BCUT2D eigenvalue weighted by molar-refractivity contribution is -0.136. The second-order valence-electron chi connectivity index (χ2n) is 6.49. The van der Waals surface area contributed by atoms with Crippen LogP contribution in [-0.2, 0) is 24.3 Å². The Hall–Kier alpha value is -3.20. The van der Waals surface area contributed by atoms with Crippen molar-refractivity contribution in [3.8, 4) is 0 Å². The third-order valence-corrected chi connectivity index (χ3v) is 6.13. The zero-order chi connectivity index (χ0) is 21.2. The van der Waals surface area contributed by atoms with Crippen molar-refractivity contribution in [3.63, 3.8) is 0 Å². The number of carbonyl (C=O) groups excluding carboxylic acids is 2. The van der Waals surface area contributed by atoms with Gasteiger partial charge in [-0.05, 0) is 37.6 Å². The van der Waals surface area contributed by atoms with Crippen molar-refractivity contribution in [1.29, 1.82) is 0 Å². The minimum atomic E-state index is -3.99. The van der Waals surface area contributed by atoms with E-state index in [1.165, 1.54) is 19.2 Å². The summed E-state index contributed by atoms with van der Waals surface area (Å²) in [6, 6.07) is 11.2. The number of nitrogens with zero attached hydrogens (tertiary/aromatic N) is 2. The molecule has 0 fully saturated rings. The number of carbonyl (C=O) groups is 2. The molecule has 0 aliphatic carbocycles. The van der Waals surface area contributed by atoms with Gasteiger partial charge in [0.15, 0.2) is 11.5 Å². The first-order chi connectivity index (χ1) is 13.8. The number of hydrogen-bond donors (Lipinski definition) is 1. The molecular weight excluding hydrogens is 394 g/mol. The van der Waals surface area contributed by atoms with Gasteiger partial charge in [-0.1, -0.05) is 25.1 Å². The summed E-state index contributed by atoms with van der Waals surface area (Å²) in [6.07, 6.45) is 0.688. The van der Waals surface area contributed by atoms with Crippen LogP contribution >= 0.6 is 0 Å². The van der Waals surface area contributed by atoms with E-state index in [1.54, 1.807) is 37.3 Å². The SMILES string of the molecule is CCCC(=O)OC1=C(C(=O)Nc2cccc(C)n2)N(C)S(=O)(=O)c2ccccc21.